The van der Waals surface area contributed by atoms with Gasteiger partial charge in [-0.3, -0.25) is 0 Å². The molecule has 1 aliphatic carbocycles. The molecule has 3 nitrogen and oxygen atoms in total. The Morgan fingerprint density at radius 2 is 1.70 bits per heavy atom. The summed E-state index contributed by atoms with van der Waals surface area (Å²) in [6, 6.07) is 16.5. The third-order valence-corrected chi connectivity index (χ3v) is 4.96. The summed E-state index contributed by atoms with van der Waals surface area (Å²) in [7, 11) is 2.00. The first-order valence-electron chi connectivity index (χ1n) is 7.80. The third-order valence-electron chi connectivity index (χ3n) is 4.62. The van der Waals surface area contributed by atoms with Crippen LogP contribution in [0.2, 0.25) is 5.02 Å². The van der Waals surface area contributed by atoms with Crippen LogP contribution in [0, 0.1) is 0 Å². The van der Waals surface area contributed by atoms with Gasteiger partial charge in [0.25, 0.3) is 6.29 Å². The number of rotatable bonds is 3. The lowest BCUT2D eigenvalue weighted by Crippen LogP contribution is -2.13. The summed E-state index contributed by atoms with van der Waals surface area (Å²) in [4.78, 5) is 0. The van der Waals surface area contributed by atoms with Crippen molar-refractivity contribution in [1.29, 1.82) is 0 Å². The lowest BCUT2D eigenvalue weighted by molar-refractivity contribution is -0.0372. The van der Waals surface area contributed by atoms with Gasteiger partial charge in [-0.1, -0.05) is 54.1 Å². The molecule has 3 atom stereocenters. The van der Waals surface area contributed by atoms with Crippen molar-refractivity contribution in [3.8, 4) is 0 Å². The second-order valence-electron chi connectivity index (χ2n) is 5.89. The molecule has 1 aliphatic heterocycles. The van der Waals surface area contributed by atoms with Gasteiger partial charge in [-0.25, -0.2) is 0 Å². The van der Waals surface area contributed by atoms with E-state index in [0.29, 0.717) is 11.1 Å². The van der Waals surface area contributed by atoms with Gasteiger partial charge in [0.1, 0.15) is 12.0 Å². The fourth-order valence-corrected chi connectivity index (χ4v) is 3.68. The van der Waals surface area contributed by atoms with E-state index in [-0.39, 0.29) is 5.92 Å². The van der Waals surface area contributed by atoms with E-state index in [1.165, 1.54) is 11.1 Å². The highest BCUT2D eigenvalue weighted by Gasteiger charge is 2.37. The van der Waals surface area contributed by atoms with E-state index in [9.17, 15) is 0 Å². The van der Waals surface area contributed by atoms with Crippen LogP contribution in [-0.2, 0) is 9.47 Å². The summed E-state index contributed by atoms with van der Waals surface area (Å²) in [6.45, 7) is 0. The zero-order valence-electron chi connectivity index (χ0n) is 12.8. The predicted molar refractivity (Wildman–Crippen MR) is 90.0 cm³/mol. The van der Waals surface area contributed by atoms with Crippen molar-refractivity contribution in [3.05, 3.63) is 82.3 Å². The standard InChI is InChI=1S/C19H18ClNO2/c1-21-17-10-15(12-6-2-3-7-13(12)17)18-11-22-19(23-18)14-8-4-5-9-16(14)20/h2-9,11,15,17,19,21H,10H2,1H3. The Labute approximate surface area is 140 Å². The van der Waals surface area contributed by atoms with Crippen LogP contribution in [0.3, 0.4) is 0 Å². The van der Waals surface area contributed by atoms with Gasteiger partial charge in [0, 0.05) is 12.0 Å². The van der Waals surface area contributed by atoms with E-state index >= 15 is 0 Å². The molecular formula is C19H18ClNO2. The van der Waals surface area contributed by atoms with Crippen molar-refractivity contribution in [1.82, 2.24) is 5.32 Å². The van der Waals surface area contributed by atoms with E-state index in [0.717, 1.165) is 17.7 Å². The van der Waals surface area contributed by atoms with Gasteiger partial charge in [-0.05, 0) is 30.7 Å². The second-order valence-corrected chi connectivity index (χ2v) is 6.29. The molecule has 0 fully saturated rings. The Bertz CT molecular complexity index is 759. The Morgan fingerprint density at radius 3 is 2.43 bits per heavy atom. The largest absolute Gasteiger partial charge is 0.455 e. The summed E-state index contributed by atoms with van der Waals surface area (Å²) in [6.07, 6.45) is 2.26. The first kappa shape index (κ1) is 14.6. The summed E-state index contributed by atoms with van der Waals surface area (Å²) >= 11 is 6.25. The van der Waals surface area contributed by atoms with Crippen LogP contribution < -0.4 is 5.32 Å². The van der Waals surface area contributed by atoms with Gasteiger partial charge in [0.05, 0.1) is 10.6 Å². The number of allylic oxidation sites excluding steroid dienone is 1. The van der Waals surface area contributed by atoms with Crippen LogP contribution in [0.1, 0.15) is 41.4 Å². The summed E-state index contributed by atoms with van der Waals surface area (Å²) in [5, 5.41) is 4.04. The highest BCUT2D eigenvalue weighted by atomic mass is 35.5. The highest BCUT2D eigenvalue weighted by molar-refractivity contribution is 6.31. The zero-order chi connectivity index (χ0) is 15.8. The van der Waals surface area contributed by atoms with E-state index in [1.807, 2.05) is 31.3 Å². The Hall–Kier alpha value is -1.97. The molecule has 1 N–H and O–H groups in total. The topological polar surface area (TPSA) is 30.5 Å². The average molecular weight is 328 g/mol. The number of nitrogens with one attached hydrogen (secondary N) is 1. The maximum atomic E-state index is 6.25. The smallest absolute Gasteiger partial charge is 0.268 e. The first-order chi connectivity index (χ1) is 11.3. The quantitative estimate of drug-likeness (QED) is 0.888. The molecule has 0 radical (unpaired) electrons. The first-order valence-corrected chi connectivity index (χ1v) is 8.18. The molecule has 23 heavy (non-hydrogen) atoms. The molecular weight excluding hydrogens is 310 g/mol. The number of hydrogen-bond donors (Lipinski definition) is 1. The van der Waals surface area contributed by atoms with Crippen molar-refractivity contribution >= 4 is 11.6 Å². The van der Waals surface area contributed by atoms with Gasteiger partial charge >= 0.3 is 0 Å². The van der Waals surface area contributed by atoms with Crippen LogP contribution in [0.15, 0.2) is 60.6 Å². The van der Waals surface area contributed by atoms with Gasteiger partial charge in [-0.2, -0.15) is 0 Å². The molecule has 0 aromatic heterocycles. The molecule has 0 spiro atoms. The van der Waals surface area contributed by atoms with Crippen LogP contribution in [0.25, 0.3) is 0 Å². The minimum absolute atomic E-state index is 0.219. The number of benzene rings is 2. The normalized spacial score (nSPS) is 25.5. The summed E-state index contributed by atoms with van der Waals surface area (Å²) in [5.41, 5.74) is 3.50. The third kappa shape index (κ3) is 2.50. The SMILES string of the molecule is CNC1CC(C2=COC(c3ccccc3Cl)O2)c2ccccc21. The van der Waals surface area contributed by atoms with Crippen molar-refractivity contribution in [2.75, 3.05) is 7.05 Å². The van der Waals surface area contributed by atoms with Crippen molar-refractivity contribution in [2.24, 2.45) is 0 Å². The monoisotopic (exact) mass is 327 g/mol. The lowest BCUT2D eigenvalue weighted by Gasteiger charge is -2.16. The van der Waals surface area contributed by atoms with Crippen LogP contribution >= 0.6 is 11.6 Å². The van der Waals surface area contributed by atoms with Gasteiger partial charge in [0.2, 0.25) is 0 Å². The molecule has 2 aromatic rings. The van der Waals surface area contributed by atoms with Crippen molar-refractivity contribution in [3.63, 3.8) is 0 Å². The Balaban J connectivity index is 1.58. The number of halogens is 1. The van der Waals surface area contributed by atoms with Crippen LogP contribution in [0.5, 0.6) is 0 Å². The highest BCUT2D eigenvalue weighted by Crippen LogP contribution is 2.47. The minimum atomic E-state index is -0.459. The fraction of sp³-hybridized carbons (Fsp3) is 0.263. The molecule has 2 aromatic carbocycles. The molecule has 2 aliphatic rings. The second kappa shape index (κ2) is 5.91. The molecule has 0 saturated heterocycles. The van der Waals surface area contributed by atoms with Gasteiger partial charge < -0.3 is 14.8 Å². The summed E-state index contributed by atoms with van der Waals surface area (Å²) < 4.78 is 11.8. The summed E-state index contributed by atoms with van der Waals surface area (Å²) in [5.74, 6) is 1.09. The van der Waals surface area contributed by atoms with E-state index in [1.54, 1.807) is 6.26 Å². The maximum absolute atomic E-state index is 6.25. The Kier molecular flexibility index (Phi) is 3.76. The molecule has 3 unspecified atom stereocenters. The van der Waals surface area contributed by atoms with E-state index in [2.05, 4.69) is 29.6 Å². The fourth-order valence-electron chi connectivity index (χ4n) is 3.45. The number of fused-ring (bicyclic) bond motifs is 1. The molecule has 118 valence electrons. The molecule has 0 saturated carbocycles. The van der Waals surface area contributed by atoms with Crippen molar-refractivity contribution in [2.45, 2.75) is 24.7 Å². The number of hydrogen-bond acceptors (Lipinski definition) is 3. The van der Waals surface area contributed by atoms with Crippen LogP contribution in [-0.4, -0.2) is 7.05 Å². The molecule has 0 amide bonds. The van der Waals surface area contributed by atoms with Gasteiger partial charge in [-0.15, -0.1) is 0 Å². The van der Waals surface area contributed by atoms with Crippen molar-refractivity contribution < 1.29 is 9.47 Å². The van der Waals surface area contributed by atoms with E-state index < -0.39 is 6.29 Å². The molecule has 0 bridgehead atoms. The lowest BCUT2D eigenvalue weighted by atomic mass is 10.00. The maximum Gasteiger partial charge on any atom is 0.268 e. The molecule has 4 rings (SSSR count). The van der Waals surface area contributed by atoms with Crippen LogP contribution in [0.4, 0.5) is 0 Å². The average Bonchev–Trinajstić information content (AvgIpc) is 3.19. The number of ether oxygens (including phenoxy) is 2. The molecule has 4 heteroatoms. The predicted octanol–water partition coefficient (Wildman–Crippen LogP) is 4.67. The van der Waals surface area contributed by atoms with E-state index in [4.69, 9.17) is 21.1 Å². The molecule has 1 heterocycles. The minimum Gasteiger partial charge on any atom is -0.455 e. The Morgan fingerprint density at radius 1 is 1.00 bits per heavy atom. The zero-order valence-corrected chi connectivity index (χ0v) is 13.6. The van der Waals surface area contributed by atoms with Gasteiger partial charge in [0.15, 0.2) is 0 Å².